The summed E-state index contributed by atoms with van der Waals surface area (Å²) in [5.41, 5.74) is 2.02. The number of hydrogen-bond donors (Lipinski definition) is 1. The fourth-order valence-electron chi connectivity index (χ4n) is 2.63. The van der Waals surface area contributed by atoms with Crippen LogP contribution in [0.3, 0.4) is 0 Å². The Morgan fingerprint density at radius 2 is 2.12 bits per heavy atom. The van der Waals surface area contributed by atoms with Crippen molar-refractivity contribution in [3.05, 3.63) is 22.1 Å². The predicted octanol–water partition coefficient (Wildman–Crippen LogP) is 2.79. The molecule has 2 heterocycles. The van der Waals surface area contributed by atoms with Gasteiger partial charge in [-0.15, -0.1) is 0 Å². The third-order valence-corrected chi connectivity index (χ3v) is 4.96. The van der Waals surface area contributed by atoms with E-state index in [1.807, 2.05) is 31.7 Å². The van der Waals surface area contributed by atoms with E-state index in [2.05, 4.69) is 16.9 Å². The van der Waals surface area contributed by atoms with Gasteiger partial charge in [-0.1, -0.05) is 25.1 Å². The lowest BCUT2D eigenvalue weighted by Gasteiger charge is -2.20. The minimum absolute atomic E-state index is 0.0797. The average molecular weight is 350 g/mol. The Morgan fingerprint density at radius 1 is 1.38 bits per heavy atom. The molecule has 0 spiro atoms. The highest BCUT2D eigenvalue weighted by atomic mass is 32.2. The van der Waals surface area contributed by atoms with Gasteiger partial charge < -0.3 is 9.88 Å². The van der Waals surface area contributed by atoms with Gasteiger partial charge in [0.25, 0.3) is 5.56 Å². The second kappa shape index (κ2) is 8.37. The van der Waals surface area contributed by atoms with E-state index in [1.165, 1.54) is 11.8 Å². The van der Waals surface area contributed by atoms with Gasteiger partial charge in [0.15, 0.2) is 5.16 Å². The first-order chi connectivity index (χ1) is 11.5. The topological polar surface area (TPSA) is 71.0 Å². The molecule has 1 N–H and O–H groups in total. The third-order valence-electron chi connectivity index (χ3n) is 3.99. The number of aryl methyl sites for hydroxylation is 1. The van der Waals surface area contributed by atoms with Crippen LogP contribution < -0.4 is 5.56 Å². The Kier molecular flexibility index (Phi) is 6.48. The number of aromatic nitrogens is 3. The van der Waals surface area contributed by atoms with Crippen molar-refractivity contribution in [3.63, 3.8) is 0 Å². The highest BCUT2D eigenvalue weighted by molar-refractivity contribution is 7.99. The van der Waals surface area contributed by atoms with Crippen LogP contribution in [0.15, 0.2) is 16.0 Å². The van der Waals surface area contributed by atoms with Crippen molar-refractivity contribution in [3.8, 4) is 0 Å². The molecule has 0 aliphatic rings. The van der Waals surface area contributed by atoms with Gasteiger partial charge in [-0.25, -0.2) is 4.98 Å². The molecule has 132 valence electrons. The molecule has 0 atom stereocenters. The van der Waals surface area contributed by atoms with Crippen LogP contribution in [0.1, 0.15) is 39.3 Å². The average Bonchev–Trinajstić information content (AvgIpc) is 2.94. The van der Waals surface area contributed by atoms with Crippen LogP contribution in [-0.2, 0) is 11.3 Å². The minimum Gasteiger partial charge on any atom is -0.353 e. The Balaban J connectivity index is 2.20. The molecule has 0 unspecified atom stereocenters. The summed E-state index contributed by atoms with van der Waals surface area (Å²) in [6, 6.07) is 1.86. The van der Waals surface area contributed by atoms with Crippen molar-refractivity contribution in [2.45, 2.75) is 52.2 Å². The van der Waals surface area contributed by atoms with Crippen molar-refractivity contribution in [1.29, 1.82) is 0 Å². The number of carbonyl (C=O) groups excluding carboxylic acids is 1. The first-order valence-corrected chi connectivity index (χ1v) is 9.51. The maximum atomic E-state index is 12.6. The van der Waals surface area contributed by atoms with E-state index in [1.54, 1.807) is 4.57 Å². The maximum Gasteiger partial charge on any atom is 0.278 e. The second-order valence-electron chi connectivity index (χ2n) is 5.77. The molecule has 0 radical (unpaired) electrons. The highest BCUT2D eigenvalue weighted by Crippen LogP contribution is 2.19. The largest absolute Gasteiger partial charge is 0.353 e. The molecule has 2 rings (SSSR count). The van der Waals surface area contributed by atoms with Crippen molar-refractivity contribution < 1.29 is 4.79 Å². The monoisotopic (exact) mass is 350 g/mol. The molecule has 0 aromatic carbocycles. The Bertz CT molecular complexity index is 766. The fraction of sp³-hybridized carbons (Fsp3) is 0.588. The van der Waals surface area contributed by atoms with Crippen molar-refractivity contribution in [2.75, 3.05) is 18.8 Å². The van der Waals surface area contributed by atoms with Crippen LogP contribution in [0.4, 0.5) is 0 Å². The standard InChI is InChI=1S/C17H26N4O2S/c1-5-8-9-20(6-2)14(22)11-24-17-19-13-10-12(4)18-15(13)16(23)21(17)7-3/h10,18H,5-9,11H2,1-4H3. The summed E-state index contributed by atoms with van der Waals surface area (Å²) in [4.78, 5) is 34.4. The lowest BCUT2D eigenvalue weighted by atomic mass is 10.3. The minimum atomic E-state index is -0.0797. The molecule has 0 saturated carbocycles. The molecule has 0 bridgehead atoms. The molecule has 2 aromatic heterocycles. The van der Waals surface area contributed by atoms with Crippen molar-refractivity contribution in [1.82, 2.24) is 19.4 Å². The number of unbranched alkanes of at least 4 members (excludes halogenated alkanes) is 1. The lowest BCUT2D eigenvalue weighted by Crippen LogP contribution is -2.33. The molecule has 0 aliphatic heterocycles. The molecule has 0 saturated heterocycles. The number of hydrogen-bond acceptors (Lipinski definition) is 4. The highest BCUT2D eigenvalue weighted by Gasteiger charge is 2.16. The van der Waals surface area contributed by atoms with E-state index >= 15 is 0 Å². The fourth-order valence-corrected chi connectivity index (χ4v) is 3.59. The van der Waals surface area contributed by atoms with E-state index in [0.29, 0.717) is 35.0 Å². The van der Waals surface area contributed by atoms with Crippen LogP contribution in [-0.4, -0.2) is 44.2 Å². The van der Waals surface area contributed by atoms with Crippen LogP contribution in [0.25, 0.3) is 11.0 Å². The molecular weight excluding hydrogens is 324 g/mol. The normalized spacial score (nSPS) is 11.2. The Hall–Kier alpha value is -1.76. The predicted molar refractivity (Wildman–Crippen MR) is 98.7 cm³/mol. The first kappa shape index (κ1) is 18.6. The second-order valence-corrected chi connectivity index (χ2v) is 6.71. The maximum absolute atomic E-state index is 12.6. The molecule has 7 heteroatoms. The summed E-state index contributed by atoms with van der Waals surface area (Å²) < 4.78 is 1.62. The van der Waals surface area contributed by atoms with Crippen molar-refractivity contribution >= 4 is 28.7 Å². The van der Waals surface area contributed by atoms with E-state index < -0.39 is 0 Å². The lowest BCUT2D eigenvalue weighted by molar-refractivity contribution is -0.128. The molecule has 0 fully saturated rings. The molecule has 6 nitrogen and oxygen atoms in total. The van der Waals surface area contributed by atoms with Gasteiger partial charge in [0.1, 0.15) is 5.52 Å². The van der Waals surface area contributed by atoms with Crippen LogP contribution in [0, 0.1) is 6.92 Å². The van der Waals surface area contributed by atoms with Crippen LogP contribution >= 0.6 is 11.8 Å². The zero-order valence-corrected chi connectivity index (χ0v) is 15.7. The molecular formula is C17H26N4O2S. The molecule has 2 aromatic rings. The van der Waals surface area contributed by atoms with Gasteiger partial charge >= 0.3 is 0 Å². The summed E-state index contributed by atoms with van der Waals surface area (Å²) in [5.74, 6) is 0.400. The number of carbonyl (C=O) groups is 1. The van der Waals surface area contributed by atoms with Gasteiger partial charge in [-0.2, -0.15) is 0 Å². The summed E-state index contributed by atoms with van der Waals surface area (Å²) in [5, 5.41) is 0.605. The van der Waals surface area contributed by atoms with Gasteiger partial charge in [0.2, 0.25) is 5.91 Å². The van der Waals surface area contributed by atoms with Crippen molar-refractivity contribution in [2.24, 2.45) is 0 Å². The van der Waals surface area contributed by atoms with E-state index in [0.717, 1.165) is 25.1 Å². The Labute approximate surface area is 146 Å². The molecule has 24 heavy (non-hydrogen) atoms. The number of nitrogens with zero attached hydrogens (tertiary/aromatic N) is 3. The van der Waals surface area contributed by atoms with Gasteiger partial charge in [-0.3, -0.25) is 14.2 Å². The molecule has 0 aliphatic carbocycles. The number of amides is 1. The van der Waals surface area contributed by atoms with E-state index in [-0.39, 0.29) is 11.5 Å². The number of rotatable bonds is 8. The van der Waals surface area contributed by atoms with Crippen LogP contribution in [0.2, 0.25) is 0 Å². The molecule has 1 amide bonds. The zero-order chi connectivity index (χ0) is 17.7. The van der Waals surface area contributed by atoms with Gasteiger partial charge in [-0.05, 0) is 33.3 Å². The van der Waals surface area contributed by atoms with Gasteiger partial charge in [0, 0.05) is 25.3 Å². The summed E-state index contributed by atoms with van der Waals surface area (Å²) in [7, 11) is 0. The number of aromatic amines is 1. The van der Waals surface area contributed by atoms with Crippen LogP contribution in [0.5, 0.6) is 0 Å². The van der Waals surface area contributed by atoms with E-state index in [4.69, 9.17) is 0 Å². The number of fused-ring (bicyclic) bond motifs is 1. The summed E-state index contributed by atoms with van der Waals surface area (Å²) >= 11 is 1.34. The smallest absolute Gasteiger partial charge is 0.278 e. The number of H-pyrrole nitrogens is 1. The first-order valence-electron chi connectivity index (χ1n) is 8.52. The quantitative estimate of drug-likeness (QED) is 0.587. The third kappa shape index (κ3) is 4.01. The SMILES string of the molecule is CCCCN(CC)C(=O)CSc1nc2cc(C)[nH]c2c(=O)n1CC. The van der Waals surface area contributed by atoms with E-state index in [9.17, 15) is 9.59 Å². The number of thioether (sulfide) groups is 1. The summed E-state index contributed by atoms with van der Waals surface area (Å²) in [6.07, 6.45) is 2.08. The summed E-state index contributed by atoms with van der Waals surface area (Å²) in [6.45, 7) is 9.96. The number of nitrogens with one attached hydrogen (secondary N) is 1. The van der Waals surface area contributed by atoms with Gasteiger partial charge in [0.05, 0.1) is 11.3 Å². The Morgan fingerprint density at radius 3 is 2.75 bits per heavy atom. The zero-order valence-electron chi connectivity index (χ0n) is 14.9.